The van der Waals surface area contributed by atoms with Crippen LogP contribution in [0.15, 0.2) is 48.6 Å². The lowest BCUT2D eigenvalue weighted by atomic mass is 10.2. The van der Waals surface area contributed by atoms with Crippen LogP contribution in [0.1, 0.15) is 12.5 Å². The summed E-state index contributed by atoms with van der Waals surface area (Å²) in [7, 11) is 0. The fraction of sp³-hybridized carbons (Fsp3) is 0.0769. The van der Waals surface area contributed by atoms with Crippen molar-refractivity contribution in [1.29, 1.82) is 5.26 Å². The number of carbonyl (C=O) groups excluding carboxylic acids is 1. The molecule has 1 aromatic carbocycles. The van der Waals surface area contributed by atoms with Gasteiger partial charge in [0, 0.05) is 11.8 Å². The Balaban J connectivity index is 2.66. The molecular formula is C13H12N2O. The first-order chi connectivity index (χ1) is 7.76. The summed E-state index contributed by atoms with van der Waals surface area (Å²) in [6.45, 7) is 1.87. The molecule has 0 atom stereocenters. The zero-order valence-corrected chi connectivity index (χ0v) is 8.97. The first-order valence-electron chi connectivity index (χ1n) is 4.87. The second-order valence-corrected chi connectivity index (χ2v) is 3.07. The molecule has 0 saturated heterocycles. The topological polar surface area (TPSA) is 52.9 Å². The fourth-order valence-corrected chi connectivity index (χ4v) is 1.10. The maximum atomic E-state index is 11.4. The molecule has 0 radical (unpaired) electrons. The Morgan fingerprint density at radius 1 is 1.44 bits per heavy atom. The Hall–Kier alpha value is -2.34. The molecule has 0 aliphatic rings. The van der Waals surface area contributed by atoms with Crippen LogP contribution in [0.2, 0.25) is 0 Å². The van der Waals surface area contributed by atoms with Gasteiger partial charge in [-0.25, -0.2) is 0 Å². The third-order valence-corrected chi connectivity index (χ3v) is 1.81. The molecule has 0 aliphatic carbocycles. The van der Waals surface area contributed by atoms with E-state index in [9.17, 15) is 4.79 Å². The van der Waals surface area contributed by atoms with E-state index in [1.165, 1.54) is 6.08 Å². The molecule has 0 aromatic heterocycles. The Labute approximate surface area is 94.7 Å². The molecule has 80 valence electrons. The van der Waals surface area contributed by atoms with E-state index in [1.807, 2.05) is 19.1 Å². The largest absolute Gasteiger partial charge is 0.322 e. The first kappa shape index (κ1) is 11.7. The van der Waals surface area contributed by atoms with E-state index in [2.05, 4.69) is 5.32 Å². The van der Waals surface area contributed by atoms with Gasteiger partial charge in [-0.1, -0.05) is 24.3 Å². The second kappa shape index (κ2) is 6.20. The zero-order chi connectivity index (χ0) is 11.8. The molecule has 1 aromatic rings. The number of nitrogens with zero attached hydrogens (tertiary/aromatic N) is 1. The van der Waals surface area contributed by atoms with Gasteiger partial charge in [0.15, 0.2) is 0 Å². The van der Waals surface area contributed by atoms with Gasteiger partial charge in [-0.3, -0.25) is 4.79 Å². The molecule has 0 heterocycles. The predicted octanol–water partition coefficient (Wildman–Crippen LogP) is 2.63. The Morgan fingerprint density at radius 2 is 2.25 bits per heavy atom. The number of rotatable bonds is 3. The maximum absolute atomic E-state index is 11.4. The minimum Gasteiger partial charge on any atom is -0.322 e. The highest BCUT2D eigenvalue weighted by Gasteiger charge is 1.97. The van der Waals surface area contributed by atoms with E-state index < -0.39 is 0 Å². The van der Waals surface area contributed by atoms with E-state index in [1.54, 1.807) is 36.4 Å². The summed E-state index contributed by atoms with van der Waals surface area (Å²) in [6, 6.07) is 8.79. The van der Waals surface area contributed by atoms with E-state index in [0.717, 1.165) is 0 Å². The van der Waals surface area contributed by atoms with E-state index in [4.69, 9.17) is 5.26 Å². The molecule has 0 aliphatic heterocycles. The van der Waals surface area contributed by atoms with Crippen LogP contribution in [-0.2, 0) is 4.79 Å². The highest BCUT2D eigenvalue weighted by atomic mass is 16.1. The number of anilines is 1. The normalized spacial score (nSPS) is 10.5. The van der Waals surface area contributed by atoms with Gasteiger partial charge in [-0.2, -0.15) is 5.26 Å². The van der Waals surface area contributed by atoms with Crippen LogP contribution in [-0.4, -0.2) is 5.91 Å². The number of hydrogen-bond donors (Lipinski definition) is 1. The standard InChI is InChI=1S/C13H12N2O/c1-2-3-4-8-13(16)15-12-7-5-6-11(9-12)10-14/h2-9H,1H3,(H,15,16)/b3-2+,8-4+. The maximum Gasteiger partial charge on any atom is 0.248 e. The lowest BCUT2D eigenvalue weighted by Gasteiger charge is -2.01. The van der Waals surface area contributed by atoms with Crippen LogP contribution in [0.3, 0.4) is 0 Å². The Bertz CT molecular complexity index is 467. The van der Waals surface area contributed by atoms with Crippen molar-refractivity contribution in [2.45, 2.75) is 6.92 Å². The predicted molar refractivity (Wildman–Crippen MR) is 63.7 cm³/mol. The quantitative estimate of drug-likeness (QED) is 0.618. The van der Waals surface area contributed by atoms with Gasteiger partial charge in [-0.05, 0) is 25.1 Å². The van der Waals surface area contributed by atoms with Gasteiger partial charge in [0.1, 0.15) is 0 Å². The van der Waals surface area contributed by atoms with Crippen molar-refractivity contribution < 1.29 is 4.79 Å². The number of hydrogen-bond acceptors (Lipinski definition) is 2. The second-order valence-electron chi connectivity index (χ2n) is 3.07. The molecule has 3 heteroatoms. The summed E-state index contributed by atoms with van der Waals surface area (Å²) in [4.78, 5) is 11.4. The summed E-state index contributed by atoms with van der Waals surface area (Å²) in [5.74, 6) is -0.215. The van der Waals surface area contributed by atoms with Crippen molar-refractivity contribution in [3.63, 3.8) is 0 Å². The summed E-state index contributed by atoms with van der Waals surface area (Å²) >= 11 is 0. The van der Waals surface area contributed by atoms with Crippen molar-refractivity contribution in [3.05, 3.63) is 54.1 Å². The van der Waals surface area contributed by atoms with Crippen LogP contribution in [0, 0.1) is 11.3 Å². The minimum absolute atomic E-state index is 0.215. The van der Waals surface area contributed by atoms with Gasteiger partial charge in [0.25, 0.3) is 0 Å². The third kappa shape index (κ3) is 3.81. The average Bonchev–Trinajstić information content (AvgIpc) is 2.29. The van der Waals surface area contributed by atoms with Crippen molar-refractivity contribution in [2.75, 3.05) is 5.32 Å². The minimum atomic E-state index is -0.215. The van der Waals surface area contributed by atoms with Gasteiger partial charge >= 0.3 is 0 Å². The number of nitrogens with one attached hydrogen (secondary N) is 1. The third-order valence-electron chi connectivity index (χ3n) is 1.81. The van der Waals surface area contributed by atoms with Crippen LogP contribution in [0.4, 0.5) is 5.69 Å². The van der Waals surface area contributed by atoms with Gasteiger partial charge < -0.3 is 5.32 Å². The molecule has 16 heavy (non-hydrogen) atoms. The van der Waals surface area contributed by atoms with Crippen LogP contribution in [0.25, 0.3) is 0 Å². The smallest absolute Gasteiger partial charge is 0.248 e. The fourth-order valence-electron chi connectivity index (χ4n) is 1.10. The Kier molecular flexibility index (Phi) is 4.55. The van der Waals surface area contributed by atoms with Gasteiger partial charge in [0.05, 0.1) is 11.6 Å². The van der Waals surface area contributed by atoms with Gasteiger partial charge in [-0.15, -0.1) is 0 Å². The molecule has 1 amide bonds. The van der Waals surface area contributed by atoms with Crippen LogP contribution >= 0.6 is 0 Å². The molecule has 1 N–H and O–H groups in total. The molecular weight excluding hydrogens is 200 g/mol. The summed E-state index contributed by atoms with van der Waals surface area (Å²) in [6.07, 6.45) is 6.69. The van der Waals surface area contributed by atoms with Crippen molar-refractivity contribution in [2.24, 2.45) is 0 Å². The van der Waals surface area contributed by atoms with Crippen molar-refractivity contribution >= 4 is 11.6 Å². The van der Waals surface area contributed by atoms with E-state index in [-0.39, 0.29) is 5.91 Å². The number of amides is 1. The summed E-state index contributed by atoms with van der Waals surface area (Å²) < 4.78 is 0. The molecule has 0 bridgehead atoms. The van der Waals surface area contributed by atoms with Crippen LogP contribution in [0.5, 0.6) is 0 Å². The molecule has 0 fully saturated rings. The molecule has 1 rings (SSSR count). The highest BCUT2D eigenvalue weighted by Crippen LogP contribution is 2.09. The number of benzene rings is 1. The number of carbonyl (C=O) groups is 1. The first-order valence-corrected chi connectivity index (χ1v) is 4.87. The molecule has 0 spiro atoms. The zero-order valence-electron chi connectivity index (χ0n) is 8.97. The number of allylic oxidation sites excluding steroid dienone is 3. The SMILES string of the molecule is C/C=C/C=C/C(=O)Nc1cccc(C#N)c1. The molecule has 0 saturated carbocycles. The Morgan fingerprint density at radius 3 is 2.94 bits per heavy atom. The monoisotopic (exact) mass is 212 g/mol. The summed E-state index contributed by atoms with van der Waals surface area (Å²) in [5.41, 5.74) is 1.14. The van der Waals surface area contributed by atoms with Crippen molar-refractivity contribution in [3.8, 4) is 6.07 Å². The number of nitriles is 1. The lowest BCUT2D eigenvalue weighted by Crippen LogP contribution is -2.07. The van der Waals surface area contributed by atoms with Crippen LogP contribution < -0.4 is 5.32 Å². The lowest BCUT2D eigenvalue weighted by molar-refractivity contribution is -0.111. The summed E-state index contributed by atoms with van der Waals surface area (Å²) in [5, 5.41) is 11.3. The molecule has 0 unspecified atom stereocenters. The van der Waals surface area contributed by atoms with E-state index >= 15 is 0 Å². The highest BCUT2D eigenvalue weighted by molar-refractivity contribution is 5.99. The molecule has 3 nitrogen and oxygen atoms in total. The van der Waals surface area contributed by atoms with E-state index in [0.29, 0.717) is 11.3 Å². The average molecular weight is 212 g/mol. The van der Waals surface area contributed by atoms with Gasteiger partial charge in [0.2, 0.25) is 5.91 Å². The van der Waals surface area contributed by atoms with Crippen molar-refractivity contribution in [1.82, 2.24) is 0 Å².